The minimum absolute atomic E-state index is 0.407. The Morgan fingerprint density at radius 3 is 1.44 bits per heavy atom. The van der Waals surface area contributed by atoms with Crippen molar-refractivity contribution in [3.8, 4) is 0 Å². The SMILES string of the molecule is CS(=O)(=O)O[C@H]1CCC=CCC[C@@H]1OS(C)(=O)=O. The van der Waals surface area contributed by atoms with Crippen molar-refractivity contribution in [3.05, 3.63) is 12.2 Å². The van der Waals surface area contributed by atoms with Crippen LogP contribution in [0.15, 0.2) is 12.2 Å². The van der Waals surface area contributed by atoms with E-state index in [4.69, 9.17) is 8.37 Å². The zero-order valence-electron chi connectivity index (χ0n) is 10.4. The topological polar surface area (TPSA) is 86.7 Å². The van der Waals surface area contributed by atoms with E-state index in [9.17, 15) is 16.8 Å². The highest BCUT2D eigenvalue weighted by Crippen LogP contribution is 2.22. The van der Waals surface area contributed by atoms with Gasteiger partial charge in [-0.2, -0.15) is 16.8 Å². The van der Waals surface area contributed by atoms with Gasteiger partial charge in [-0.1, -0.05) is 12.2 Å². The molecule has 0 aromatic carbocycles. The van der Waals surface area contributed by atoms with Crippen molar-refractivity contribution < 1.29 is 25.2 Å². The van der Waals surface area contributed by atoms with E-state index in [0.717, 1.165) is 12.5 Å². The first kappa shape index (κ1) is 15.6. The zero-order valence-corrected chi connectivity index (χ0v) is 12.0. The molecule has 6 nitrogen and oxygen atoms in total. The summed E-state index contributed by atoms with van der Waals surface area (Å²) in [5.74, 6) is 0. The summed E-state index contributed by atoms with van der Waals surface area (Å²) in [6.07, 6.45) is 6.28. The van der Waals surface area contributed by atoms with Gasteiger partial charge in [0.25, 0.3) is 20.2 Å². The molecule has 2 atom stereocenters. The Balaban J connectivity index is 2.86. The average Bonchev–Trinajstić information content (AvgIpc) is 2.12. The van der Waals surface area contributed by atoms with E-state index in [1.807, 2.05) is 12.2 Å². The van der Waals surface area contributed by atoms with Gasteiger partial charge in [0.1, 0.15) is 12.2 Å². The minimum Gasteiger partial charge on any atom is -0.264 e. The van der Waals surface area contributed by atoms with E-state index in [2.05, 4.69) is 0 Å². The number of allylic oxidation sites excluding steroid dienone is 2. The summed E-state index contributed by atoms with van der Waals surface area (Å²) in [5.41, 5.74) is 0. The van der Waals surface area contributed by atoms with Crippen LogP contribution in [-0.2, 0) is 28.6 Å². The summed E-state index contributed by atoms with van der Waals surface area (Å²) < 4.78 is 54.5. The Bertz CT molecular complexity index is 444. The van der Waals surface area contributed by atoms with Gasteiger partial charge < -0.3 is 0 Å². The van der Waals surface area contributed by atoms with Gasteiger partial charge >= 0.3 is 0 Å². The van der Waals surface area contributed by atoms with Gasteiger partial charge in [-0.15, -0.1) is 0 Å². The molecule has 8 heteroatoms. The Hall–Kier alpha value is -0.440. The molecule has 106 valence electrons. The second kappa shape index (κ2) is 6.14. The van der Waals surface area contributed by atoms with Crippen LogP contribution in [0.2, 0.25) is 0 Å². The van der Waals surface area contributed by atoms with Crippen molar-refractivity contribution in [3.63, 3.8) is 0 Å². The molecule has 1 rings (SSSR count). The van der Waals surface area contributed by atoms with Gasteiger partial charge in [-0.05, 0) is 25.7 Å². The highest BCUT2D eigenvalue weighted by Gasteiger charge is 2.29. The van der Waals surface area contributed by atoms with Gasteiger partial charge in [-0.25, -0.2) is 0 Å². The predicted molar refractivity (Wildman–Crippen MR) is 67.0 cm³/mol. The maximum atomic E-state index is 11.2. The minimum atomic E-state index is -3.64. The van der Waals surface area contributed by atoms with Crippen LogP contribution in [0.3, 0.4) is 0 Å². The first-order chi connectivity index (χ1) is 8.17. The molecule has 0 aromatic rings. The van der Waals surface area contributed by atoms with Crippen molar-refractivity contribution in [1.29, 1.82) is 0 Å². The van der Waals surface area contributed by atoms with E-state index in [1.54, 1.807) is 0 Å². The van der Waals surface area contributed by atoms with Crippen LogP contribution in [0.1, 0.15) is 25.7 Å². The van der Waals surface area contributed by atoms with Gasteiger partial charge in [0.05, 0.1) is 12.5 Å². The number of rotatable bonds is 4. The molecule has 0 fully saturated rings. The van der Waals surface area contributed by atoms with Gasteiger partial charge in [0, 0.05) is 0 Å². The third-order valence-corrected chi connectivity index (χ3v) is 3.61. The molecule has 1 aliphatic rings. The van der Waals surface area contributed by atoms with Crippen LogP contribution < -0.4 is 0 Å². The van der Waals surface area contributed by atoms with Gasteiger partial charge in [0.15, 0.2) is 0 Å². The third kappa shape index (κ3) is 6.48. The smallest absolute Gasteiger partial charge is 0.264 e. The summed E-state index contributed by atoms with van der Waals surface area (Å²) in [5, 5.41) is 0. The molecule has 1 aliphatic carbocycles. The molecular formula is C10H18O6S2. The number of hydrogen-bond acceptors (Lipinski definition) is 6. The molecule has 0 radical (unpaired) electrons. The lowest BCUT2D eigenvalue weighted by Crippen LogP contribution is -2.35. The molecule has 0 N–H and O–H groups in total. The number of hydrogen-bond donors (Lipinski definition) is 0. The van der Waals surface area contributed by atoms with Crippen LogP contribution in [0.5, 0.6) is 0 Å². The Labute approximate surface area is 108 Å². The Morgan fingerprint density at radius 1 is 0.833 bits per heavy atom. The monoisotopic (exact) mass is 298 g/mol. The summed E-state index contributed by atoms with van der Waals surface area (Å²) in [6.45, 7) is 0. The van der Waals surface area contributed by atoms with E-state index < -0.39 is 32.4 Å². The molecule has 0 amide bonds. The summed E-state index contributed by atoms with van der Waals surface area (Å²) in [7, 11) is -7.28. The fraction of sp³-hybridized carbons (Fsp3) is 0.800. The van der Waals surface area contributed by atoms with E-state index in [-0.39, 0.29) is 0 Å². The zero-order chi connectivity index (χ0) is 13.8. The van der Waals surface area contributed by atoms with Crippen LogP contribution in [0.25, 0.3) is 0 Å². The van der Waals surface area contributed by atoms with Crippen LogP contribution in [0, 0.1) is 0 Å². The maximum Gasteiger partial charge on any atom is 0.264 e. The lowest BCUT2D eigenvalue weighted by atomic mass is 10.0. The fourth-order valence-electron chi connectivity index (χ4n) is 1.80. The maximum absolute atomic E-state index is 11.2. The van der Waals surface area contributed by atoms with Gasteiger partial charge in [0.2, 0.25) is 0 Å². The molecule has 0 spiro atoms. The van der Waals surface area contributed by atoms with Crippen molar-refractivity contribution in [1.82, 2.24) is 0 Å². The summed E-state index contributed by atoms with van der Waals surface area (Å²) in [4.78, 5) is 0. The standard InChI is InChI=1S/C10H18O6S2/c1-17(11,12)15-9-7-5-3-4-6-8-10(9)16-18(2,13)14/h3-4,9-10H,5-8H2,1-2H3/t9-,10-/m0/s1. The lowest BCUT2D eigenvalue weighted by molar-refractivity contribution is 0.0529. The van der Waals surface area contributed by atoms with Crippen LogP contribution in [-0.4, -0.2) is 41.6 Å². The average molecular weight is 298 g/mol. The van der Waals surface area contributed by atoms with Gasteiger partial charge in [-0.3, -0.25) is 8.37 Å². The van der Waals surface area contributed by atoms with Crippen molar-refractivity contribution >= 4 is 20.2 Å². The largest absolute Gasteiger partial charge is 0.264 e. The van der Waals surface area contributed by atoms with Crippen molar-refractivity contribution in [2.24, 2.45) is 0 Å². The predicted octanol–water partition coefficient (Wildman–Crippen LogP) is 0.806. The Morgan fingerprint density at radius 2 is 1.17 bits per heavy atom. The van der Waals surface area contributed by atoms with Crippen LogP contribution in [0.4, 0.5) is 0 Å². The highest BCUT2D eigenvalue weighted by atomic mass is 32.2. The second-order valence-electron chi connectivity index (χ2n) is 4.30. The molecule has 0 heterocycles. The molecule has 0 saturated heterocycles. The van der Waals surface area contributed by atoms with E-state index >= 15 is 0 Å². The van der Waals surface area contributed by atoms with E-state index in [1.165, 1.54) is 0 Å². The summed E-state index contributed by atoms with van der Waals surface area (Å²) >= 11 is 0. The van der Waals surface area contributed by atoms with Crippen molar-refractivity contribution in [2.75, 3.05) is 12.5 Å². The summed E-state index contributed by atoms with van der Waals surface area (Å²) in [6, 6.07) is 0. The Kier molecular flexibility index (Phi) is 5.32. The molecule has 18 heavy (non-hydrogen) atoms. The third-order valence-electron chi connectivity index (χ3n) is 2.41. The molecule has 0 saturated carbocycles. The highest BCUT2D eigenvalue weighted by molar-refractivity contribution is 7.86. The molecule has 0 aromatic heterocycles. The molecular weight excluding hydrogens is 280 g/mol. The van der Waals surface area contributed by atoms with Crippen LogP contribution >= 0.6 is 0 Å². The fourth-order valence-corrected chi connectivity index (χ4v) is 3.14. The molecule has 0 unspecified atom stereocenters. The lowest BCUT2D eigenvalue weighted by Gasteiger charge is -2.25. The molecule has 0 bridgehead atoms. The van der Waals surface area contributed by atoms with E-state index in [0.29, 0.717) is 25.7 Å². The molecule has 0 aliphatic heterocycles. The first-order valence-electron chi connectivity index (χ1n) is 5.59. The first-order valence-corrected chi connectivity index (χ1v) is 9.22. The second-order valence-corrected chi connectivity index (χ2v) is 7.51. The van der Waals surface area contributed by atoms with Crippen molar-refractivity contribution in [2.45, 2.75) is 37.9 Å². The quantitative estimate of drug-likeness (QED) is 0.564. The normalized spacial score (nSPS) is 26.6.